The van der Waals surface area contributed by atoms with Gasteiger partial charge in [0.2, 0.25) is 5.91 Å². The Hall–Kier alpha value is -2.13. The van der Waals surface area contributed by atoms with Crippen molar-refractivity contribution in [3.05, 3.63) is 70.7 Å². The summed E-state index contributed by atoms with van der Waals surface area (Å²) in [5, 5.41) is 4.81. The molecule has 1 amide bonds. The number of hydrogen-bond acceptors (Lipinski definition) is 2. The molecule has 1 aliphatic carbocycles. The molecule has 0 aromatic heterocycles. The highest BCUT2D eigenvalue weighted by molar-refractivity contribution is 6.34. The van der Waals surface area contributed by atoms with E-state index in [0.29, 0.717) is 16.7 Å². The minimum absolute atomic E-state index is 0.0187. The summed E-state index contributed by atoms with van der Waals surface area (Å²) in [5.74, 6) is 0.308. The van der Waals surface area contributed by atoms with Gasteiger partial charge in [0.05, 0.1) is 5.71 Å². The van der Waals surface area contributed by atoms with Gasteiger partial charge in [-0.3, -0.25) is 4.79 Å². The van der Waals surface area contributed by atoms with Gasteiger partial charge in [-0.15, -0.1) is 0 Å². The van der Waals surface area contributed by atoms with Gasteiger partial charge < -0.3 is 0 Å². The third-order valence-corrected chi connectivity index (χ3v) is 4.28. The van der Waals surface area contributed by atoms with Gasteiger partial charge in [0.1, 0.15) is 0 Å². The second-order valence-corrected chi connectivity index (χ2v) is 5.92. The van der Waals surface area contributed by atoms with Gasteiger partial charge in [-0.25, -0.2) is 5.43 Å². The number of halogens is 1. The lowest BCUT2D eigenvalue weighted by Gasteiger charge is -2.04. The summed E-state index contributed by atoms with van der Waals surface area (Å²) in [4.78, 5) is 12.2. The van der Waals surface area contributed by atoms with E-state index in [9.17, 15) is 4.79 Å². The molecule has 1 fully saturated rings. The zero-order chi connectivity index (χ0) is 15.5. The van der Waals surface area contributed by atoms with Gasteiger partial charge >= 0.3 is 0 Å². The van der Waals surface area contributed by atoms with Gasteiger partial charge in [-0.1, -0.05) is 60.1 Å². The van der Waals surface area contributed by atoms with Crippen molar-refractivity contribution in [1.82, 2.24) is 5.43 Å². The van der Waals surface area contributed by atoms with E-state index in [0.717, 1.165) is 12.0 Å². The molecule has 1 saturated carbocycles. The van der Waals surface area contributed by atoms with Crippen LogP contribution in [-0.4, -0.2) is 11.6 Å². The summed E-state index contributed by atoms with van der Waals surface area (Å²) in [6, 6.07) is 17.6. The third kappa shape index (κ3) is 3.20. The topological polar surface area (TPSA) is 41.5 Å². The van der Waals surface area contributed by atoms with Crippen molar-refractivity contribution < 1.29 is 4.79 Å². The quantitative estimate of drug-likeness (QED) is 0.673. The number of hydrazone groups is 1. The molecule has 1 N–H and O–H groups in total. The van der Waals surface area contributed by atoms with E-state index in [1.807, 2.05) is 49.4 Å². The van der Waals surface area contributed by atoms with Crippen LogP contribution in [0.4, 0.5) is 0 Å². The number of benzene rings is 2. The Labute approximate surface area is 135 Å². The number of nitrogens with zero attached hydrogens (tertiary/aromatic N) is 1. The Balaban J connectivity index is 1.62. The Morgan fingerprint density at radius 2 is 1.82 bits per heavy atom. The largest absolute Gasteiger partial charge is 0.273 e. The molecule has 2 aromatic rings. The minimum atomic E-state index is -0.0275. The number of carbonyl (C=O) groups is 1. The smallest absolute Gasteiger partial charge is 0.243 e. The summed E-state index contributed by atoms with van der Waals surface area (Å²) in [5.41, 5.74) is 5.42. The Morgan fingerprint density at radius 1 is 1.14 bits per heavy atom. The summed E-state index contributed by atoms with van der Waals surface area (Å²) in [6.45, 7) is 1.84. The van der Waals surface area contributed by atoms with E-state index in [-0.39, 0.29) is 11.8 Å². The summed E-state index contributed by atoms with van der Waals surface area (Å²) < 4.78 is 0. The van der Waals surface area contributed by atoms with Crippen molar-refractivity contribution >= 4 is 23.2 Å². The second-order valence-electron chi connectivity index (χ2n) is 5.51. The molecule has 0 unspecified atom stereocenters. The van der Waals surface area contributed by atoms with Crippen molar-refractivity contribution in [3.63, 3.8) is 0 Å². The fourth-order valence-corrected chi connectivity index (χ4v) is 2.86. The molecule has 1 aliphatic rings. The van der Waals surface area contributed by atoms with Crippen LogP contribution in [0, 0.1) is 5.92 Å². The van der Waals surface area contributed by atoms with Gasteiger partial charge in [-0.2, -0.15) is 5.10 Å². The van der Waals surface area contributed by atoms with Crippen LogP contribution in [0.15, 0.2) is 59.7 Å². The Morgan fingerprint density at radius 3 is 2.55 bits per heavy atom. The van der Waals surface area contributed by atoms with Crippen molar-refractivity contribution in [3.8, 4) is 0 Å². The average molecular weight is 313 g/mol. The van der Waals surface area contributed by atoms with E-state index in [2.05, 4.69) is 22.7 Å². The average Bonchev–Trinajstić information content (AvgIpc) is 3.34. The minimum Gasteiger partial charge on any atom is -0.273 e. The summed E-state index contributed by atoms with van der Waals surface area (Å²) >= 11 is 6.12. The molecular formula is C18H17ClN2O. The van der Waals surface area contributed by atoms with Crippen LogP contribution >= 0.6 is 11.6 Å². The SMILES string of the molecule is C/C(=N\NC(=O)[C@@H]1C[C@H]1c1ccccc1)c1ccccc1Cl. The number of rotatable bonds is 4. The molecule has 0 heterocycles. The third-order valence-electron chi connectivity index (χ3n) is 3.95. The van der Waals surface area contributed by atoms with Gasteiger partial charge in [0.25, 0.3) is 0 Å². The maximum atomic E-state index is 12.2. The fourth-order valence-electron chi connectivity index (χ4n) is 2.59. The molecule has 0 spiro atoms. The van der Waals surface area contributed by atoms with Crippen LogP contribution in [0.25, 0.3) is 0 Å². The van der Waals surface area contributed by atoms with Gasteiger partial charge in [0, 0.05) is 16.5 Å². The van der Waals surface area contributed by atoms with Gasteiger partial charge in [0.15, 0.2) is 0 Å². The van der Waals surface area contributed by atoms with Crippen molar-refractivity contribution in [2.24, 2.45) is 11.0 Å². The van der Waals surface area contributed by atoms with Crippen LogP contribution in [0.1, 0.15) is 30.4 Å². The van der Waals surface area contributed by atoms with E-state index in [4.69, 9.17) is 11.6 Å². The van der Waals surface area contributed by atoms with Crippen LogP contribution in [-0.2, 0) is 4.79 Å². The molecule has 3 nitrogen and oxygen atoms in total. The second kappa shape index (κ2) is 6.32. The molecule has 0 bridgehead atoms. The molecule has 4 heteroatoms. The predicted octanol–water partition coefficient (Wildman–Crippen LogP) is 3.98. The highest BCUT2D eigenvalue weighted by Crippen LogP contribution is 2.47. The monoisotopic (exact) mass is 312 g/mol. The first-order chi connectivity index (χ1) is 10.7. The predicted molar refractivity (Wildman–Crippen MR) is 89.1 cm³/mol. The Bertz CT molecular complexity index is 712. The maximum absolute atomic E-state index is 12.2. The van der Waals surface area contributed by atoms with Crippen molar-refractivity contribution in [1.29, 1.82) is 0 Å². The molecule has 0 radical (unpaired) electrons. The zero-order valence-corrected chi connectivity index (χ0v) is 13.0. The number of nitrogens with one attached hydrogen (secondary N) is 1. The first kappa shape index (κ1) is 14.8. The molecule has 2 atom stereocenters. The van der Waals surface area contributed by atoms with Gasteiger partial charge in [-0.05, 0) is 30.9 Å². The first-order valence-electron chi connectivity index (χ1n) is 7.31. The highest BCUT2D eigenvalue weighted by atomic mass is 35.5. The molecule has 3 rings (SSSR count). The maximum Gasteiger partial charge on any atom is 0.243 e. The summed E-state index contributed by atoms with van der Waals surface area (Å²) in [6.07, 6.45) is 0.885. The lowest BCUT2D eigenvalue weighted by atomic mass is 10.1. The van der Waals surface area contributed by atoms with E-state index in [1.165, 1.54) is 5.56 Å². The summed E-state index contributed by atoms with van der Waals surface area (Å²) in [7, 11) is 0. The number of hydrogen-bond donors (Lipinski definition) is 1. The standard InChI is InChI=1S/C18H17ClN2O/c1-12(14-9-5-6-10-17(14)19)20-21-18(22)16-11-15(16)13-7-3-2-4-8-13/h2-10,15-16H,11H2,1H3,(H,21,22)/b20-12+/t15-,16+/m0/s1. The normalized spacial score (nSPS) is 20.5. The zero-order valence-electron chi connectivity index (χ0n) is 12.3. The van der Waals surface area contributed by atoms with E-state index < -0.39 is 0 Å². The van der Waals surface area contributed by atoms with Crippen LogP contribution in [0.5, 0.6) is 0 Å². The Kier molecular flexibility index (Phi) is 4.25. The van der Waals surface area contributed by atoms with Crippen LogP contribution in [0.2, 0.25) is 5.02 Å². The molecule has 2 aromatic carbocycles. The molecule has 0 aliphatic heterocycles. The number of amides is 1. The molecule has 112 valence electrons. The molecule has 22 heavy (non-hydrogen) atoms. The fraction of sp³-hybridized carbons (Fsp3) is 0.222. The van der Waals surface area contributed by atoms with E-state index in [1.54, 1.807) is 0 Å². The molecule has 0 saturated heterocycles. The molecular weight excluding hydrogens is 296 g/mol. The highest BCUT2D eigenvalue weighted by Gasteiger charge is 2.43. The van der Waals surface area contributed by atoms with Crippen molar-refractivity contribution in [2.45, 2.75) is 19.3 Å². The van der Waals surface area contributed by atoms with Crippen molar-refractivity contribution in [2.75, 3.05) is 0 Å². The van der Waals surface area contributed by atoms with Crippen LogP contribution in [0.3, 0.4) is 0 Å². The lowest BCUT2D eigenvalue weighted by molar-refractivity contribution is -0.122. The van der Waals surface area contributed by atoms with E-state index >= 15 is 0 Å². The number of carbonyl (C=O) groups excluding carboxylic acids is 1. The first-order valence-corrected chi connectivity index (χ1v) is 7.68. The lowest BCUT2D eigenvalue weighted by Crippen LogP contribution is -2.21. The van der Waals surface area contributed by atoms with Crippen LogP contribution < -0.4 is 5.43 Å².